The Morgan fingerprint density at radius 2 is 2.00 bits per heavy atom. The number of carbonyl (C=O) groups excluding carboxylic acids is 3. The first-order chi connectivity index (χ1) is 13.8. The van der Waals surface area contributed by atoms with Gasteiger partial charge in [-0.2, -0.15) is 0 Å². The van der Waals surface area contributed by atoms with Crippen LogP contribution < -0.4 is 10.6 Å². The molecule has 29 heavy (non-hydrogen) atoms. The molecule has 1 amide bonds. The number of benzene rings is 1. The third-order valence-electron chi connectivity index (χ3n) is 4.52. The van der Waals surface area contributed by atoms with Crippen LogP contribution in [0.4, 0.5) is 5.69 Å². The molecule has 1 aromatic carbocycles. The van der Waals surface area contributed by atoms with Gasteiger partial charge in [0.15, 0.2) is 5.11 Å². The Balaban J connectivity index is 2.21. The fraction of sp³-hybridized carbons (Fsp3) is 0.400. The third kappa shape index (κ3) is 5.54. The lowest BCUT2D eigenvalue weighted by Gasteiger charge is -2.35. The van der Waals surface area contributed by atoms with E-state index in [1.807, 2.05) is 6.07 Å². The number of esters is 2. The molecule has 1 aliphatic rings. The van der Waals surface area contributed by atoms with Gasteiger partial charge < -0.3 is 25.0 Å². The Labute approximate surface area is 175 Å². The zero-order valence-electron chi connectivity index (χ0n) is 16.9. The summed E-state index contributed by atoms with van der Waals surface area (Å²) in [5, 5.41) is 6.37. The van der Waals surface area contributed by atoms with Gasteiger partial charge >= 0.3 is 11.9 Å². The van der Waals surface area contributed by atoms with E-state index in [1.165, 1.54) is 7.11 Å². The van der Waals surface area contributed by atoms with Gasteiger partial charge in [-0.1, -0.05) is 12.1 Å². The number of amides is 1. The van der Waals surface area contributed by atoms with Crippen molar-refractivity contribution in [1.82, 2.24) is 10.2 Å². The molecule has 0 bridgehead atoms. The van der Waals surface area contributed by atoms with Crippen molar-refractivity contribution in [2.24, 2.45) is 0 Å². The first kappa shape index (κ1) is 22.4. The Hall–Kier alpha value is -2.94. The number of thiocarbonyl (C=S) groups is 1. The van der Waals surface area contributed by atoms with Gasteiger partial charge in [0.25, 0.3) is 0 Å². The molecule has 2 rings (SSSR count). The summed E-state index contributed by atoms with van der Waals surface area (Å²) in [5.41, 5.74) is 2.41. The van der Waals surface area contributed by atoms with Crippen LogP contribution in [0.3, 0.4) is 0 Å². The fourth-order valence-electron chi connectivity index (χ4n) is 2.93. The molecule has 0 radical (unpaired) electrons. The molecule has 0 aliphatic carbocycles. The topological polar surface area (TPSA) is 97.0 Å². The minimum absolute atomic E-state index is 0.0125. The number of anilines is 1. The molecule has 0 spiro atoms. The minimum atomic E-state index is -0.512. The van der Waals surface area contributed by atoms with Gasteiger partial charge in [-0.25, -0.2) is 4.79 Å². The van der Waals surface area contributed by atoms with E-state index in [9.17, 15) is 14.4 Å². The highest BCUT2D eigenvalue weighted by atomic mass is 32.1. The molecule has 0 fully saturated rings. The average Bonchev–Trinajstić information content (AvgIpc) is 2.70. The maximum absolute atomic E-state index is 12.4. The van der Waals surface area contributed by atoms with Gasteiger partial charge in [0.05, 0.1) is 31.8 Å². The van der Waals surface area contributed by atoms with E-state index in [0.29, 0.717) is 22.1 Å². The van der Waals surface area contributed by atoms with Crippen molar-refractivity contribution in [3.8, 4) is 0 Å². The van der Waals surface area contributed by atoms with E-state index < -0.39 is 18.0 Å². The maximum Gasteiger partial charge on any atom is 0.337 e. The summed E-state index contributed by atoms with van der Waals surface area (Å²) in [6, 6.07) is 6.57. The highest BCUT2D eigenvalue weighted by molar-refractivity contribution is 7.80. The smallest absolute Gasteiger partial charge is 0.337 e. The van der Waals surface area contributed by atoms with Gasteiger partial charge in [-0.05, 0) is 43.8 Å². The predicted octanol–water partition coefficient (Wildman–Crippen LogP) is 2.28. The lowest BCUT2D eigenvalue weighted by molar-refractivity contribution is -0.144. The predicted molar refractivity (Wildman–Crippen MR) is 112 cm³/mol. The molecule has 1 aliphatic heterocycles. The largest absolute Gasteiger partial charge is 0.466 e. The number of nitrogens with one attached hydrogen (secondary N) is 2. The minimum Gasteiger partial charge on any atom is -0.466 e. The van der Waals surface area contributed by atoms with Crippen LogP contribution in [0.15, 0.2) is 35.5 Å². The summed E-state index contributed by atoms with van der Waals surface area (Å²) in [5.74, 6) is -1.18. The molecule has 2 N–H and O–H groups in total. The maximum atomic E-state index is 12.4. The van der Waals surface area contributed by atoms with E-state index in [2.05, 4.69) is 10.6 Å². The Bertz CT molecular complexity index is 852. The molecule has 1 heterocycles. The van der Waals surface area contributed by atoms with Crippen molar-refractivity contribution in [3.63, 3.8) is 0 Å². The Morgan fingerprint density at radius 3 is 2.66 bits per heavy atom. The van der Waals surface area contributed by atoms with Crippen LogP contribution in [-0.4, -0.2) is 48.6 Å². The standard InChI is InChI=1S/C20H25N3O5S/c1-5-28-16(25)10-9-15(24)21-14-8-6-7-13(11-14)18-17(19(26)27-4)12(2)23(3)20(29)22-18/h6-8,11,18H,5,9-10H2,1-4H3,(H,21,24)(H,22,29). The number of hydrogen-bond donors (Lipinski definition) is 2. The second-order valence-corrected chi connectivity index (χ2v) is 6.80. The molecular weight excluding hydrogens is 394 g/mol. The fourth-order valence-corrected chi connectivity index (χ4v) is 3.18. The van der Waals surface area contributed by atoms with Crippen LogP contribution in [0.5, 0.6) is 0 Å². The summed E-state index contributed by atoms with van der Waals surface area (Å²) in [6.45, 7) is 3.79. The van der Waals surface area contributed by atoms with Crippen LogP contribution in [0.1, 0.15) is 38.3 Å². The first-order valence-electron chi connectivity index (χ1n) is 9.17. The van der Waals surface area contributed by atoms with E-state index in [-0.39, 0.29) is 25.4 Å². The molecule has 9 heteroatoms. The summed E-state index contributed by atoms with van der Waals surface area (Å²) < 4.78 is 9.77. The van der Waals surface area contributed by atoms with Crippen LogP contribution in [0.2, 0.25) is 0 Å². The lowest BCUT2D eigenvalue weighted by atomic mass is 9.95. The molecule has 0 aromatic heterocycles. The molecule has 1 atom stereocenters. The summed E-state index contributed by atoms with van der Waals surface area (Å²) in [7, 11) is 3.09. The van der Waals surface area contributed by atoms with Crippen molar-refractivity contribution >= 4 is 40.9 Å². The van der Waals surface area contributed by atoms with Crippen LogP contribution >= 0.6 is 12.2 Å². The van der Waals surface area contributed by atoms with Gasteiger partial charge in [0, 0.05) is 24.9 Å². The number of carbonyl (C=O) groups is 3. The molecule has 156 valence electrons. The van der Waals surface area contributed by atoms with E-state index in [0.717, 1.165) is 5.56 Å². The second kappa shape index (κ2) is 10.0. The molecule has 0 saturated heterocycles. The van der Waals surface area contributed by atoms with Crippen molar-refractivity contribution < 1.29 is 23.9 Å². The highest BCUT2D eigenvalue weighted by Gasteiger charge is 2.33. The zero-order chi connectivity index (χ0) is 21.6. The van der Waals surface area contributed by atoms with Crippen molar-refractivity contribution in [2.75, 3.05) is 26.1 Å². The quantitative estimate of drug-likeness (QED) is 0.513. The molecule has 1 aromatic rings. The number of nitrogens with zero attached hydrogens (tertiary/aromatic N) is 1. The van der Waals surface area contributed by atoms with Crippen LogP contribution in [0, 0.1) is 0 Å². The molecule has 1 unspecified atom stereocenters. The highest BCUT2D eigenvalue weighted by Crippen LogP contribution is 2.31. The average molecular weight is 420 g/mol. The number of methoxy groups -OCH3 is 1. The van der Waals surface area contributed by atoms with E-state index in [4.69, 9.17) is 21.7 Å². The number of allylic oxidation sites excluding steroid dienone is 1. The van der Waals surface area contributed by atoms with Crippen molar-refractivity contribution in [1.29, 1.82) is 0 Å². The van der Waals surface area contributed by atoms with Crippen molar-refractivity contribution in [3.05, 3.63) is 41.1 Å². The zero-order valence-corrected chi connectivity index (χ0v) is 17.7. The normalized spacial score (nSPS) is 16.2. The summed E-state index contributed by atoms with van der Waals surface area (Å²) in [4.78, 5) is 37.6. The second-order valence-electron chi connectivity index (χ2n) is 6.41. The van der Waals surface area contributed by atoms with Gasteiger partial charge in [-0.15, -0.1) is 0 Å². The van der Waals surface area contributed by atoms with Crippen LogP contribution in [-0.2, 0) is 23.9 Å². The monoisotopic (exact) mass is 419 g/mol. The Kier molecular flexibility index (Phi) is 7.72. The summed E-state index contributed by atoms with van der Waals surface area (Å²) in [6.07, 6.45) is 0.0324. The van der Waals surface area contributed by atoms with E-state index in [1.54, 1.807) is 44.0 Å². The van der Waals surface area contributed by atoms with Crippen LogP contribution in [0.25, 0.3) is 0 Å². The molecule has 8 nitrogen and oxygen atoms in total. The van der Waals surface area contributed by atoms with E-state index >= 15 is 0 Å². The molecular formula is C20H25N3O5S. The van der Waals surface area contributed by atoms with Gasteiger partial charge in [0.2, 0.25) is 5.91 Å². The lowest BCUT2D eigenvalue weighted by Crippen LogP contribution is -2.46. The number of rotatable bonds is 7. The number of ether oxygens (including phenoxy) is 2. The molecule has 0 saturated carbocycles. The van der Waals surface area contributed by atoms with Gasteiger partial charge in [0.1, 0.15) is 0 Å². The Morgan fingerprint density at radius 1 is 1.28 bits per heavy atom. The SMILES string of the molecule is CCOC(=O)CCC(=O)Nc1cccc(C2NC(=S)N(C)C(C)=C2C(=O)OC)c1. The van der Waals surface area contributed by atoms with Crippen molar-refractivity contribution in [2.45, 2.75) is 32.7 Å². The van der Waals surface area contributed by atoms with Gasteiger partial charge in [-0.3, -0.25) is 9.59 Å². The summed E-state index contributed by atoms with van der Waals surface area (Å²) >= 11 is 5.36. The first-order valence-corrected chi connectivity index (χ1v) is 9.58. The third-order valence-corrected chi connectivity index (χ3v) is 4.92. The number of hydrogen-bond acceptors (Lipinski definition) is 6.